The number of likely N-dealkylation sites (N-methyl/N-ethyl adjacent to an activating group) is 2. The Balaban J connectivity index is 2.57. The summed E-state index contributed by atoms with van der Waals surface area (Å²) in [7, 11) is 3.59. The van der Waals surface area contributed by atoms with Crippen LogP contribution in [0.3, 0.4) is 0 Å². The molecule has 0 spiro atoms. The normalized spacial score (nSPS) is 10.6. The van der Waals surface area contributed by atoms with Gasteiger partial charge in [0.25, 0.3) is 0 Å². The van der Waals surface area contributed by atoms with E-state index in [9.17, 15) is 4.79 Å². The second-order valence-electron chi connectivity index (χ2n) is 4.22. The molecule has 1 amide bonds. The molecule has 1 rings (SSSR count). The highest BCUT2D eigenvalue weighted by atomic mass is 127. The fourth-order valence-corrected chi connectivity index (χ4v) is 1.82. The lowest BCUT2D eigenvalue weighted by Gasteiger charge is -2.21. The number of carbonyl (C=O) groups is 1. The maximum atomic E-state index is 11.6. The summed E-state index contributed by atoms with van der Waals surface area (Å²) in [6, 6.07) is 8.42. The molecular weight excluding hydrogens is 327 g/mol. The van der Waals surface area contributed by atoms with Crippen LogP contribution in [-0.2, 0) is 11.3 Å². The average Bonchev–Trinajstić information content (AvgIpc) is 2.30. The van der Waals surface area contributed by atoms with Crippen LogP contribution in [-0.4, -0.2) is 42.9 Å². The van der Waals surface area contributed by atoms with Gasteiger partial charge in [0, 0.05) is 24.2 Å². The summed E-state index contributed by atoms with van der Waals surface area (Å²) in [5.41, 5.74) is 1.25. The molecule has 0 saturated heterocycles. The third kappa shape index (κ3) is 5.04. The quantitative estimate of drug-likeness (QED) is 0.764. The third-order valence-electron chi connectivity index (χ3n) is 2.62. The van der Waals surface area contributed by atoms with Gasteiger partial charge in [-0.25, -0.2) is 0 Å². The topological polar surface area (TPSA) is 23.6 Å². The Morgan fingerprint density at radius 1 is 1.24 bits per heavy atom. The van der Waals surface area contributed by atoms with E-state index in [0.29, 0.717) is 6.54 Å². The van der Waals surface area contributed by atoms with Crippen molar-refractivity contribution in [2.45, 2.75) is 13.5 Å². The SMILES string of the molecule is CCN(CC(=O)N(C)C)Cc1ccc(I)cc1. The van der Waals surface area contributed by atoms with Crippen LogP contribution >= 0.6 is 22.6 Å². The second-order valence-corrected chi connectivity index (χ2v) is 5.46. The van der Waals surface area contributed by atoms with Gasteiger partial charge in [0.2, 0.25) is 5.91 Å². The van der Waals surface area contributed by atoms with Crippen molar-refractivity contribution in [2.75, 3.05) is 27.2 Å². The van der Waals surface area contributed by atoms with Gasteiger partial charge >= 0.3 is 0 Å². The molecule has 94 valence electrons. The number of amides is 1. The van der Waals surface area contributed by atoms with Gasteiger partial charge in [0.15, 0.2) is 0 Å². The van der Waals surface area contributed by atoms with E-state index < -0.39 is 0 Å². The smallest absolute Gasteiger partial charge is 0.236 e. The summed E-state index contributed by atoms with van der Waals surface area (Å²) >= 11 is 2.29. The summed E-state index contributed by atoms with van der Waals surface area (Å²) in [6.07, 6.45) is 0. The molecule has 0 N–H and O–H groups in total. The number of hydrogen-bond acceptors (Lipinski definition) is 2. The molecule has 0 aliphatic heterocycles. The summed E-state index contributed by atoms with van der Waals surface area (Å²) in [6.45, 7) is 4.27. The van der Waals surface area contributed by atoms with Crippen molar-refractivity contribution in [3.63, 3.8) is 0 Å². The Morgan fingerprint density at radius 2 is 1.82 bits per heavy atom. The minimum absolute atomic E-state index is 0.150. The monoisotopic (exact) mass is 346 g/mol. The molecule has 0 bridgehead atoms. The fourth-order valence-electron chi connectivity index (χ4n) is 1.46. The van der Waals surface area contributed by atoms with Gasteiger partial charge < -0.3 is 4.90 Å². The molecule has 3 nitrogen and oxygen atoms in total. The molecule has 0 aliphatic carbocycles. The van der Waals surface area contributed by atoms with Crippen LogP contribution in [0.5, 0.6) is 0 Å². The van der Waals surface area contributed by atoms with Gasteiger partial charge in [-0.2, -0.15) is 0 Å². The highest BCUT2D eigenvalue weighted by molar-refractivity contribution is 14.1. The van der Waals surface area contributed by atoms with Crippen LogP contribution in [0.25, 0.3) is 0 Å². The van der Waals surface area contributed by atoms with Crippen molar-refractivity contribution in [3.05, 3.63) is 33.4 Å². The first kappa shape index (κ1) is 14.4. The molecule has 0 aliphatic rings. The van der Waals surface area contributed by atoms with E-state index in [1.807, 2.05) is 0 Å². The lowest BCUT2D eigenvalue weighted by atomic mass is 10.2. The van der Waals surface area contributed by atoms with E-state index in [4.69, 9.17) is 0 Å². The Bertz CT molecular complexity index is 362. The predicted octanol–water partition coefficient (Wildman–Crippen LogP) is 2.20. The van der Waals surface area contributed by atoms with Gasteiger partial charge in [-0.3, -0.25) is 9.69 Å². The van der Waals surface area contributed by atoms with Gasteiger partial charge in [-0.05, 0) is 46.8 Å². The number of rotatable bonds is 5. The second kappa shape index (κ2) is 6.96. The number of halogens is 1. The number of carbonyl (C=O) groups excluding carboxylic acids is 1. The minimum Gasteiger partial charge on any atom is -0.348 e. The molecule has 0 aromatic heterocycles. The maximum Gasteiger partial charge on any atom is 0.236 e. The Kier molecular flexibility index (Phi) is 5.91. The van der Waals surface area contributed by atoms with Crippen LogP contribution in [0.1, 0.15) is 12.5 Å². The first-order valence-electron chi connectivity index (χ1n) is 5.70. The van der Waals surface area contributed by atoms with Gasteiger partial charge in [-0.15, -0.1) is 0 Å². The highest BCUT2D eigenvalue weighted by Crippen LogP contribution is 2.09. The molecular formula is C13H19IN2O. The molecule has 0 radical (unpaired) electrons. The molecule has 0 heterocycles. The summed E-state index contributed by atoms with van der Waals surface area (Å²) in [5, 5.41) is 0. The van der Waals surface area contributed by atoms with Crippen molar-refractivity contribution in [1.82, 2.24) is 9.80 Å². The number of nitrogens with zero attached hydrogens (tertiary/aromatic N) is 2. The number of hydrogen-bond donors (Lipinski definition) is 0. The predicted molar refractivity (Wildman–Crippen MR) is 78.8 cm³/mol. The Hall–Kier alpha value is -0.620. The standard InChI is InChI=1S/C13H19IN2O/c1-4-16(10-13(17)15(2)3)9-11-5-7-12(14)8-6-11/h5-8H,4,9-10H2,1-3H3. The average molecular weight is 346 g/mol. The Morgan fingerprint density at radius 3 is 2.29 bits per heavy atom. The van der Waals surface area contributed by atoms with Crippen LogP contribution in [0.2, 0.25) is 0 Å². The first-order chi connectivity index (χ1) is 8.02. The van der Waals surface area contributed by atoms with Crippen molar-refractivity contribution in [2.24, 2.45) is 0 Å². The molecule has 17 heavy (non-hydrogen) atoms. The molecule has 0 fully saturated rings. The zero-order chi connectivity index (χ0) is 12.8. The van der Waals surface area contributed by atoms with Gasteiger partial charge in [0.05, 0.1) is 6.54 Å². The summed E-state index contributed by atoms with van der Waals surface area (Å²) < 4.78 is 1.23. The zero-order valence-corrected chi connectivity index (χ0v) is 12.8. The van der Waals surface area contributed by atoms with Gasteiger partial charge in [0.1, 0.15) is 0 Å². The molecule has 0 atom stereocenters. The third-order valence-corrected chi connectivity index (χ3v) is 3.34. The van der Waals surface area contributed by atoms with E-state index in [-0.39, 0.29) is 5.91 Å². The largest absolute Gasteiger partial charge is 0.348 e. The van der Waals surface area contributed by atoms with Gasteiger partial charge in [-0.1, -0.05) is 19.1 Å². The summed E-state index contributed by atoms with van der Waals surface area (Å²) in [5.74, 6) is 0.150. The van der Waals surface area contributed by atoms with Crippen molar-refractivity contribution >= 4 is 28.5 Å². The minimum atomic E-state index is 0.150. The highest BCUT2D eigenvalue weighted by Gasteiger charge is 2.10. The molecule has 1 aromatic carbocycles. The lowest BCUT2D eigenvalue weighted by Crippen LogP contribution is -2.36. The van der Waals surface area contributed by atoms with Crippen LogP contribution in [0.15, 0.2) is 24.3 Å². The van der Waals surface area contributed by atoms with Crippen LogP contribution in [0, 0.1) is 3.57 Å². The van der Waals surface area contributed by atoms with E-state index in [1.165, 1.54) is 9.13 Å². The van der Waals surface area contributed by atoms with Crippen LogP contribution < -0.4 is 0 Å². The molecule has 0 unspecified atom stereocenters. The maximum absolute atomic E-state index is 11.6. The number of benzene rings is 1. The molecule has 0 saturated carbocycles. The van der Waals surface area contributed by atoms with E-state index in [2.05, 4.69) is 58.7 Å². The Labute approximate surface area is 117 Å². The summed E-state index contributed by atoms with van der Waals surface area (Å²) in [4.78, 5) is 15.4. The molecule has 4 heteroatoms. The van der Waals surface area contributed by atoms with Crippen molar-refractivity contribution < 1.29 is 4.79 Å². The van der Waals surface area contributed by atoms with Crippen LogP contribution in [0.4, 0.5) is 0 Å². The van der Waals surface area contributed by atoms with Crippen molar-refractivity contribution in [1.29, 1.82) is 0 Å². The van der Waals surface area contributed by atoms with E-state index in [0.717, 1.165) is 13.1 Å². The van der Waals surface area contributed by atoms with E-state index in [1.54, 1.807) is 19.0 Å². The molecule has 1 aromatic rings. The van der Waals surface area contributed by atoms with Crippen molar-refractivity contribution in [3.8, 4) is 0 Å². The lowest BCUT2D eigenvalue weighted by molar-refractivity contribution is -0.130. The fraction of sp³-hybridized carbons (Fsp3) is 0.462. The first-order valence-corrected chi connectivity index (χ1v) is 6.77. The van der Waals surface area contributed by atoms with E-state index >= 15 is 0 Å². The zero-order valence-electron chi connectivity index (χ0n) is 10.6.